The van der Waals surface area contributed by atoms with Crippen molar-refractivity contribution in [3.8, 4) is 17.0 Å². The van der Waals surface area contributed by atoms with Gasteiger partial charge in [0, 0.05) is 30.1 Å². The first-order valence-electron chi connectivity index (χ1n) is 8.59. The lowest BCUT2D eigenvalue weighted by Gasteiger charge is -2.27. The third-order valence-electron chi connectivity index (χ3n) is 4.44. The highest BCUT2D eigenvalue weighted by atomic mass is 35.5. The van der Waals surface area contributed by atoms with E-state index in [2.05, 4.69) is 15.5 Å². The molecule has 0 spiro atoms. The first-order valence-corrected chi connectivity index (χ1v) is 9.35. The van der Waals surface area contributed by atoms with Crippen molar-refractivity contribution in [2.75, 3.05) is 13.1 Å². The van der Waals surface area contributed by atoms with E-state index in [4.69, 9.17) is 27.9 Å². The molecule has 27 heavy (non-hydrogen) atoms. The molecule has 0 aliphatic carbocycles. The monoisotopic (exact) mass is 401 g/mol. The van der Waals surface area contributed by atoms with Crippen LogP contribution in [0.15, 0.2) is 48.5 Å². The Kier molecular flexibility index (Phi) is 5.16. The number of hydrogen-bond acceptors (Lipinski definition) is 4. The molecule has 0 radical (unpaired) electrons. The van der Waals surface area contributed by atoms with Gasteiger partial charge < -0.3 is 10.1 Å². The van der Waals surface area contributed by atoms with E-state index in [9.17, 15) is 4.79 Å². The molecule has 0 saturated carbocycles. The number of carbonyl (C=O) groups excluding carboxylic acids is 1. The van der Waals surface area contributed by atoms with Gasteiger partial charge in [0.2, 0.25) is 0 Å². The van der Waals surface area contributed by atoms with Crippen LogP contribution < -0.4 is 10.1 Å². The van der Waals surface area contributed by atoms with Crippen LogP contribution in [0.1, 0.15) is 16.1 Å². The Balaban J connectivity index is 1.46. The number of halogens is 2. The molecule has 0 atom stereocenters. The molecule has 2 N–H and O–H groups in total. The van der Waals surface area contributed by atoms with Gasteiger partial charge in [0.1, 0.15) is 23.2 Å². The molecule has 1 saturated heterocycles. The van der Waals surface area contributed by atoms with E-state index in [1.54, 1.807) is 12.1 Å². The molecule has 1 aromatic heterocycles. The molecule has 7 heteroatoms. The molecular weight excluding hydrogens is 385 g/mol. The lowest BCUT2D eigenvalue weighted by molar-refractivity contribution is 0.0988. The number of aromatic nitrogens is 2. The van der Waals surface area contributed by atoms with E-state index in [0.717, 1.165) is 30.0 Å². The Bertz CT molecular complexity index is 948. The van der Waals surface area contributed by atoms with Gasteiger partial charge in [-0.25, -0.2) is 0 Å². The molecule has 1 fully saturated rings. The van der Waals surface area contributed by atoms with Crippen LogP contribution in [0.5, 0.6) is 5.75 Å². The average Bonchev–Trinajstić information content (AvgIpc) is 3.02. The van der Waals surface area contributed by atoms with E-state index in [1.807, 2.05) is 36.4 Å². The molecule has 1 aliphatic rings. The van der Waals surface area contributed by atoms with E-state index < -0.39 is 0 Å². The van der Waals surface area contributed by atoms with Crippen molar-refractivity contribution in [2.45, 2.75) is 12.5 Å². The van der Waals surface area contributed by atoms with Crippen LogP contribution >= 0.6 is 23.2 Å². The number of rotatable bonds is 6. The molecule has 0 unspecified atom stereocenters. The third kappa shape index (κ3) is 4.00. The lowest BCUT2D eigenvalue weighted by Crippen LogP contribution is -2.50. The van der Waals surface area contributed by atoms with E-state index in [1.165, 1.54) is 0 Å². The summed E-state index contributed by atoms with van der Waals surface area (Å²) in [5.41, 5.74) is 2.53. The highest BCUT2D eigenvalue weighted by Gasteiger charge is 2.20. The van der Waals surface area contributed by atoms with Crippen molar-refractivity contribution in [2.24, 2.45) is 0 Å². The zero-order valence-corrected chi connectivity index (χ0v) is 15.8. The van der Waals surface area contributed by atoms with E-state index in [-0.39, 0.29) is 18.3 Å². The molecule has 2 heterocycles. The second-order valence-corrected chi connectivity index (χ2v) is 7.22. The summed E-state index contributed by atoms with van der Waals surface area (Å²) in [6.07, 6.45) is 0.459. The molecule has 138 valence electrons. The molecule has 0 amide bonds. The summed E-state index contributed by atoms with van der Waals surface area (Å²) < 4.78 is 5.78. The lowest BCUT2D eigenvalue weighted by atomic mass is 10.1. The van der Waals surface area contributed by atoms with Gasteiger partial charge in [-0.1, -0.05) is 47.5 Å². The largest absolute Gasteiger partial charge is 0.488 e. The summed E-state index contributed by atoms with van der Waals surface area (Å²) in [4.78, 5) is 12.6. The normalized spacial score (nSPS) is 14.0. The molecule has 5 nitrogen and oxygen atoms in total. The van der Waals surface area contributed by atoms with Crippen molar-refractivity contribution in [1.29, 1.82) is 0 Å². The third-order valence-corrected chi connectivity index (χ3v) is 5.06. The highest BCUT2D eigenvalue weighted by Crippen LogP contribution is 2.30. The second-order valence-electron chi connectivity index (χ2n) is 6.41. The highest BCUT2D eigenvalue weighted by molar-refractivity contribution is 6.36. The quantitative estimate of drug-likeness (QED) is 0.608. The summed E-state index contributed by atoms with van der Waals surface area (Å²) in [6.45, 7) is 1.74. The summed E-state index contributed by atoms with van der Waals surface area (Å²) >= 11 is 12.3. The minimum atomic E-state index is -0.121. The summed E-state index contributed by atoms with van der Waals surface area (Å²) in [7, 11) is 0. The van der Waals surface area contributed by atoms with Crippen molar-refractivity contribution in [3.05, 3.63) is 69.8 Å². The SMILES string of the molecule is O=C(Cc1ccc(OC2CNC2)cc1)c1[nH]nc(-c2ccc(Cl)cc2)c1Cl. The molecule has 1 aliphatic heterocycles. The predicted octanol–water partition coefficient (Wildman–Crippen LogP) is 4.16. The maximum absolute atomic E-state index is 12.6. The Morgan fingerprint density at radius 1 is 1.07 bits per heavy atom. The van der Waals surface area contributed by atoms with Crippen molar-refractivity contribution >= 4 is 29.0 Å². The number of Topliss-reactive ketones (excluding diaryl/α,β-unsaturated/α-hetero) is 1. The van der Waals surface area contributed by atoms with Gasteiger partial charge in [0.05, 0.1) is 5.02 Å². The molecule has 3 aromatic rings. The van der Waals surface area contributed by atoms with Crippen LogP contribution in [0, 0.1) is 0 Å². The van der Waals surface area contributed by atoms with Gasteiger partial charge in [0.25, 0.3) is 0 Å². The number of nitrogens with zero attached hydrogens (tertiary/aromatic N) is 1. The number of nitrogens with one attached hydrogen (secondary N) is 2. The zero-order chi connectivity index (χ0) is 18.8. The molecule has 0 bridgehead atoms. The maximum Gasteiger partial charge on any atom is 0.186 e. The number of ether oxygens (including phenoxy) is 1. The van der Waals surface area contributed by atoms with Crippen LogP contribution in [0.2, 0.25) is 10.0 Å². The second kappa shape index (κ2) is 7.72. The van der Waals surface area contributed by atoms with Crippen molar-refractivity contribution in [3.63, 3.8) is 0 Å². The minimum absolute atomic E-state index is 0.121. The molecular formula is C20H17Cl2N3O2. The Hall–Kier alpha value is -2.34. The van der Waals surface area contributed by atoms with Gasteiger partial charge in [-0.3, -0.25) is 9.89 Å². The van der Waals surface area contributed by atoms with Crippen molar-refractivity contribution in [1.82, 2.24) is 15.5 Å². The zero-order valence-electron chi connectivity index (χ0n) is 14.3. The van der Waals surface area contributed by atoms with Gasteiger partial charge in [-0.15, -0.1) is 0 Å². The molecule has 2 aromatic carbocycles. The fraction of sp³-hybridized carbons (Fsp3) is 0.200. The fourth-order valence-electron chi connectivity index (χ4n) is 2.81. The number of carbonyl (C=O) groups is 1. The van der Waals surface area contributed by atoms with E-state index >= 15 is 0 Å². The first kappa shape index (κ1) is 18.0. The van der Waals surface area contributed by atoms with Crippen LogP contribution in [0.3, 0.4) is 0 Å². The van der Waals surface area contributed by atoms with Gasteiger partial charge in [0.15, 0.2) is 5.78 Å². The summed E-state index contributed by atoms with van der Waals surface area (Å²) in [5, 5.41) is 11.1. The first-order chi connectivity index (χ1) is 13.1. The topological polar surface area (TPSA) is 67.0 Å². The maximum atomic E-state index is 12.6. The number of aromatic amines is 1. The van der Waals surface area contributed by atoms with Gasteiger partial charge in [-0.05, 0) is 29.8 Å². The van der Waals surface area contributed by atoms with Crippen LogP contribution in [-0.2, 0) is 6.42 Å². The van der Waals surface area contributed by atoms with Gasteiger partial charge >= 0.3 is 0 Å². The van der Waals surface area contributed by atoms with Crippen molar-refractivity contribution < 1.29 is 9.53 Å². The van der Waals surface area contributed by atoms with Crippen LogP contribution in [0.25, 0.3) is 11.3 Å². The van der Waals surface area contributed by atoms with Crippen LogP contribution in [-0.4, -0.2) is 35.2 Å². The Morgan fingerprint density at radius 2 is 1.78 bits per heavy atom. The summed E-state index contributed by atoms with van der Waals surface area (Å²) in [6, 6.07) is 14.7. The van der Waals surface area contributed by atoms with E-state index in [0.29, 0.717) is 21.4 Å². The Morgan fingerprint density at radius 3 is 2.41 bits per heavy atom. The summed E-state index contributed by atoms with van der Waals surface area (Å²) in [5.74, 6) is 0.687. The van der Waals surface area contributed by atoms with Gasteiger partial charge in [-0.2, -0.15) is 5.10 Å². The van der Waals surface area contributed by atoms with Crippen LogP contribution in [0.4, 0.5) is 0 Å². The fourth-order valence-corrected chi connectivity index (χ4v) is 3.23. The standard InChI is InChI=1S/C20H17Cl2N3O2/c21-14-5-3-13(4-6-14)19-18(22)20(25-24-19)17(26)9-12-1-7-15(8-2-12)27-16-10-23-11-16/h1-8,16,23H,9-11H2,(H,24,25). The predicted molar refractivity (Wildman–Crippen MR) is 106 cm³/mol. The Labute approximate surface area is 166 Å². The smallest absolute Gasteiger partial charge is 0.186 e. The average molecular weight is 402 g/mol. The number of H-pyrrole nitrogens is 1. The number of hydrogen-bond donors (Lipinski definition) is 2. The number of ketones is 1. The molecule has 4 rings (SSSR count). The number of benzene rings is 2. The minimum Gasteiger partial charge on any atom is -0.488 e.